The molecule has 1 aromatic carbocycles. The van der Waals surface area contributed by atoms with Crippen LogP contribution in [0.2, 0.25) is 5.02 Å². The highest BCUT2D eigenvalue weighted by Crippen LogP contribution is 2.21. The van der Waals surface area contributed by atoms with Crippen molar-refractivity contribution >= 4 is 23.3 Å². The summed E-state index contributed by atoms with van der Waals surface area (Å²) < 4.78 is 5.01. The van der Waals surface area contributed by atoms with E-state index in [9.17, 15) is 4.79 Å². The van der Waals surface area contributed by atoms with Gasteiger partial charge in [0.2, 0.25) is 0 Å². The van der Waals surface area contributed by atoms with E-state index < -0.39 is 5.97 Å². The predicted octanol–water partition coefficient (Wildman–Crippen LogP) is 2.73. The number of carboxylic acids is 1. The lowest BCUT2D eigenvalue weighted by molar-refractivity contribution is 0.0698. The topological polar surface area (TPSA) is 58.6 Å². The van der Waals surface area contributed by atoms with Gasteiger partial charge in [-0.2, -0.15) is 0 Å². The third-order valence-electron chi connectivity index (χ3n) is 2.30. The molecule has 1 rings (SSSR count). The molecule has 0 bridgehead atoms. The summed E-state index contributed by atoms with van der Waals surface area (Å²) in [6, 6.07) is 4.77. The monoisotopic (exact) mass is 257 g/mol. The standard InChI is InChI=1S/C12H16ClNO3/c1-8(7-17-2)6-14-11-4-3-9(13)5-10(11)12(15)16/h3-5,8,14H,6-7H2,1-2H3,(H,15,16). The van der Waals surface area contributed by atoms with Gasteiger partial charge < -0.3 is 15.2 Å². The number of aromatic carboxylic acids is 1. The molecule has 1 aromatic rings. The zero-order chi connectivity index (χ0) is 12.8. The summed E-state index contributed by atoms with van der Waals surface area (Å²) >= 11 is 5.76. The van der Waals surface area contributed by atoms with Crippen LogP contribution < -0.4 is 5.32 Å². The van der Waals surface area contributed by atoms with Gasteiger partial charge in [0.1, 0.15) is 0 Å². The number of ether oxygens (including phenoxy) is 1. The Bertz CT molecular complexity index is 395. The summed E-state index contributed by atoms with van der Waals surface area (Å²) in [5, 5.41) is 12.5. The largest absolute Gasteiger partial charge is 0.478 e. The van der Waals surface area contributed by atoms with E-state index in [1.54, 1.807) is 19.2 Å². The number of methoxy groups -OCH3 is 1. The molecule has 0 amide bonds. The molecule has 0 saturated carbocycles. The molecule has 4 nitrogen and oxygen atoms in total. The maximum Gasteiger partial charge on any atom is 0.337 e. The fourth-order valence-electron chi connectivity index (χ4n) is 1.48. The van der Waals surface area contributed by atoms with Crippen molar-refractivity contribution in [3.63, 3.8) is 0 Å². The van der Waals surface area contributed by atoms with Crippen LogP contribution in [0.1, 0.15) is 17.3 Å². The van der Waals surface area contributed by atoms with E-state index in [0.29, 0.717) is 29.8 Å². The summed E-state index contributed by atoms with van der Waals surface area (Å²) in [5.41, 5.74) is 0.756. The molecule has 2 N–H and O–H groups in total. The second-order valence-electron chi connectivity index (χ2n) is 3.94. The van der Waals surface area contributed by atoms with Crippen LogP contribution in [-0.2, 0) is 4.74 Å². The smallest absolute Gasteiger partial charge is 0.337 e. The zero-order valence-corrected chi connectivity index (χ0v) is 10.6. The van der Waals surface area contributed by atoms with Gasteiger partial charge in [-0.25, -0.2) is 4.79 Å². The number of carboxylic acid groups (broad SMARTS) is 1. The molecule has 0 heterocycles. The third-order valence-corrected chi connectivity index (χ3v) is 2.54. The quantitative estimate of drug-likeness (QED) is 0.823. The van der Waals surface area contributed by atoms with Crippen molar-refractivity contribution in [1.82, 2.24) is 0 Å². The van der Waals surface area contributed by atoms with Gasteiger partial charge in [-0.05, 0) is 24.1 Å². The van der Waals surface area contributed by atoms with Gasteiger partial charge in [-0.1, -0.05) is 18.5 Å². The first-order valence-corrected chi connectivity index (χ1v) is 5.68. The minimum Gasteiger partial charge on any atom is -0.478 e. The summed E-state index contributed by atoms with van der Waals surface area (Å²) in [5.74, 6) is -0.688. The van der Waals surface area contributed by atoms with Crippen LogP contribution in [0.25, 0.3) is 0 Å². The van der Waals surface area contributed by atoms with Crippen LogP contribution in [0, 0.1) is 5.92 Å². The Morgan fingerprint density at radius 3 is 2.88 bits per heavy atom. The number of rotatable bonds is 6. The summed E-state index contributed by atoms with van der Waals surface area (Å²) in [4.78, 5) is 11.0. The Balaban J connectivity index is 2.73. The van der Waals surface area contributed by atoms with Crippen molar-refractivity contribution in [2.45, 2.75) is 6.92 Å². The Hall–Kier alpha value is -1.26. The van der Waals surface area contributed by atoms with E-state index in [2.05, 4.69) is 5.32 Å². The molecule has 5 heteroatoms. The molecule has 94 valence electrons. The number of carbonyl (C=O) groups is 1. The molecular weight excluding hydrogens is 242 g/mol. The van der Waals surface area contributed by atoms with Crippen molar-refractivity contribution in [1.29, 1.82) is 0 Å². The molecule has 1 unspecified atom stereocenters. The van der Waals surface area contributed by atoms with Crippen molar-refractivity contribution in [2.75, 3.05) is 25.6 Å². The highest BCUT2D eigenvalue weighted by molar-refractivity contribution is 6.31. The molecule has 0 aliphatic carbocycles. The Morgan fingerprint density at radius 1 is 1.59 bits per heavy atom. The molecule has 0 aromatic heterocycles. The molecular formula is C12H16ClNO3. The predicted molar refractivity (Wildman–Crippen MR) is 67.9 cm³/mol. The maximum absolute atomic E-state index is 11.0. The Labute approximate surface area is 106 Å². The second kappa shape index (κ2) is 6.47. The Morgan fingerprint density at radius 2 is 2.29 bits per heavy atom. The number of halogens is 1. The summed E-state index contributed by atoms with van der Waals surface area (Å²) in [6.07, 6.45) is 0. The first-order chi connectivity index (χ1) is 8.04. The Kier molecular flexibility index (Phi) is 5.25. The number of nitrogens with one attached hydrogen (secondary N) is 1. The fraction of sp³-hybridized carbons (Fsp3) is 0.417. The molecule has 0 radical (unpaired) electrons. The fourth-order valence-corrected chi connectivity index (χ4v) is 1.65. The second-order valence-corrected chi connectivity index (χ2v) is 4.37. The normalized spacial score (nSPS) is 12.2. The summed E-state index contributed by atoms with van der Waals surface area (Å²) in [6.45, 7) is 3.30. The molecule has 0 aliphatic rings. The molecule has 0 fully saturated rings. The van der Waals surface area contributed by atoms with E-state index in [1.165, 1.54) is 6.07 Å². The van der Waals surface area contributed by atoms with E-state index in [0.717, 1.165) is 0 Å². The average Bonchev–Trinajstić information content (AvgIpc) is 2.27. The van der Waals surface area contributed by atoms with Gasteiger partial charge >= 0.3 is 5.97 Å². The molecule has 0 saturated heterocycles. The lowest BCUT2D eigenvalue weighted by atomic mass is 10.1. The first-order valence-electron chi connectivity index (χ1n) is 5.30. The van der Waals surface area contributed by atoms with Gasteiger partial charge in [-0.3, -0.25) is 0 Å². The van der Waals surface area contributed by atoms with E-state index in [4.69, 9.17) is 21.4 Å². The highest BCUT2D eigenvalue weighted by Gasteiger charge is 2.11. The number of hydrogen-bond donors (Lipinski definition) is 2. The van der Waals surface area contributed by atoms with Gasteiger partial charge in [0.05, 0.1) is 12.2 Å². The van der Waals surface area contributed by atoms with Crippen molar-refractivity contribution in [2.24, 2.45) is 5.92 Å². The molecule has 1 atom stereocenters. The van der Waals surface area contributed by atoms with Crippen LogP contribution in [0.15, 0.2) is 18.2 Å². The maximum atomic E-state index is 11.0. The lowest BCUT2D eigenvalue weighted by Gasteiger charge is -2.14. The number of anilines is 1. The van der Waals surface area contributed by atoms with Crippen LogP contribution in [0.4, 0.5) is 5.69 Å². The van der Waals surface area contributed by atoms with Crippen LogP contribution in [-0.4, -0.2) is 31.3 Å². The molecule has 17 heavy (non-hydrogen) atoms. The van der Waals surface area contributed by atoms with Gasteiger partial charge in [-0.15, -0.1) is 0 Å². The zero-order valence-electron chi connectivity index (χ0n) is 9.87. The van der Waals surface area contributed by atoms with E-state index >= 15 is 0 Å². The molecule has 0 aliphatic heterocycles. The molecule has 0 spiro atoms. The van der Waals surface area contributed by atoms with Crippen molar-refractivity contribution < 1.29 is 14.6 Å². The van der Waals surface area contributed by atoms with Crippen LogP contribution in [0.3, 0.4) is 0 Å². The average molecular weight is 258 g/mol. The lowest BCUT2D eigenvalue weighted by Crippen LogP contribution is -2.17. The van der Waals surface area contributed by atoms with Gasteiger partial charge in [0, 0.05) is 24.4 Å². The van der Waals surface area contributed by atoms with Gasteiger partial charge in [0.15, 0.2) is 0 Å². The van der Waals surface area contributed by atoms with E-state index in [1.807, 2.05) is 6.92 Å². The SMILES string of the molecule is COCC(C)CNc1ccc(Cl)cc1C(=O)O. The minimum atomic E-state index is -0.991. The van der Waals surface area contributed by atoms with Crippen LogP contribution in [0.5, 0.6) is 0 Å². The minimum absolute atomic E-state index is 0.183. The third kappa shape index (κ3) is 4.24. The number of hydrogen-bond acceptors (Lipinski definition) is 3. The summed E-state index contributed by atoms with van der Waals surface area (Å²) in [7, 11) is 1.64. The van der Waals surface area contributed by atoms with E-state index in [-0.39, 0.29) is 5.56 Å². The highest BCUT2D eigenvalue weighted by atomic mass is 35.5. The number of benzene rings is 1. The van der Waals surface area contributed by atoms with Crippen molar-refractivity contribution in [3.05, 3.63) is 28.8 Å². The van der Waals surface area contributed by atoms with Crippen LogP contribution >= 0.6 is 11.6 Å². The van der Waals surface area contributed by atoms with Crippen molar-refractivity contribution in [3.8, 4) is 0 Å². The first kappa shape index (κ1) is 13.8. The van der Waals surface area contributed by atoms with Gasteiger partial charge in [0.25, 0.3) is 0 Å².